The second-order valence-corrected chi connectivity index (χ2v) is 7.88. The highest BCUT2D eigenvalue weighted by Crippen LogP contribution is 2.28. The van der Waals surface area contributed by atoms with E-state index >= 15 is 0 Å². The van der Waals surface area contributed by atoms with Crippen LogP contribution in [-0.2, 0) is 4.74 Å². The summed E-state index contributed by atoms with van der Waals surface area (Å²) in [6.45, 7) is 3.76. The van der Waals surface area contributed by atoms with Crippen molar-refractivity contribution in [3.8, 4) is 0 Å². The van der Waals surface area contributed by atoms with Crippen LogP contribution in [0.4, 0.5) is 18.0 Å². The maximum atomic E-state index is 12.4. The SMILES string of the molecule is CC1CC(NCCN(C)C)NC(NC(=O)NC2CCCC(OC(F)(F)F)C2)N1. The largest absolute Gasteiger partial charge is 0.522 e. The van der Waals surface area contributed by atoms with Crippen molar-refractivity contribution in [3.05, 3.63) is 0 Å². The fourth-order valence-corrected chi connectivity index (χ4v) is 3.64. The smallest absolute Gasteiger partial charge is 0.335 e. The molecule has 5 N–H and O–H groups in total. The van der Waals surface area contributed by atoms with E-state index in [1.54, 1.807) is 0 Å². The number of rotatable bonds is 7. The predicted octanol–water partition coefficient (Wildman–Crippen LogP) is 0.866. The van der Waals surface area contributed by atoms with Gasteiger partial charge in [-0.1, -0.05) is 0 Å². The zero-order valence-electron chi connectivity index (χ0n) is 16.7. The normalized spacial score (nSPS) is 31.6. The fraction of sp³-hybridized carbons (Fsp3) is 0.941. The Bertz CT molecular complexity index is 494. The Balaban J connectivity index is 1.75. The molecule has 1 aliphatic heterocycles. The molecule has 1 saturated heterocycles. The molecule has 0 spiro atoms. The molecule has 0 aromatic heterocycles. The van der Waals surface area contributed by atoms with Crippen molar-refractivity contribution in [3.63, 3.8) is 0 Å². The first-order valence-electron chi connectivity index (χ1n) is 9.82. The van der Waals surface area contributed by atoms with Gasteiger partial charge in [-0.2, -0.15) is 0 Å². The highest BCUT2D eigenvalue weighted by molar-refractivity contribution is 5.74. The highest BCUT2D eigenvalue weighted by atomic mass is 19.4. The number of hydrogen-bond acceptors (Lipinski definition) is 6. The van der Waals surface area contributed by atoms with Gasteiger partial charge >= 0.3 is 12.4 Å². The van der Waals surface area contributed by atoms with Gasteiger partial charge in [0.1, 0.15) is 6.29 Å². The number of ether oxygens (including phenoxy) is 1. The molecule has 2 amide bonds. The van der Waals surface area contributed by atoms with Crippen molar-refractivity contribution in [1.29, 1.82) is 0 Å². The van der Waals surface area contributed by atoms with Crippen LogP contribution in [0, 0.1) is 0 Å². The summed E-state index contributed by atoms with van der Waals surface area (Å²) in [4.78, 5) is 14.4. The maximum Gasteiger partial charge on any atom is 0.522 e. The number of carbonyl (C=O) groups is 1. The highest BCUT2D eigenvalue weighted by Gasteiger charge is 2.36. The van der Waals surface area contributed by atoms with E-state index in [9.17, 15) is 18.0 Å². The number of nitrogens with one attached hydrogen (secondary N) is 5. The molecule has 2 rings (SSSR count). The summed E-state index contributed by atoms with van der Waals surface area (Å²) >= 11 is 0. The molecule has 0 radical (unpaired) electrons. The van der Waals surface area contributed by atoms with E-state index in [-0.39, 0.29) is 24.7 Å². The average molecular weight is 410 g/mol. The van der Waals surface area contributed by atoms with E-state index < -0.39 is 24.8 Å². The molecule has 0 aromatic carbocycles. The number of nitrogens with zero attached hydrogens (tertiary/aromatic N) is 1. The predicted molar refractivity (Wildman–Crippen MR) is 99.3 cm³/mol. The van der Waals surface area contributed by atoms with E-state index in [1.807, 2.05) is 21.0 Å². The molecule has 1 aliphatic carbocycles. The molecule has 11 heteroatoms. The molecule has 8 nitrogen and oxygen atoms in total. The molecule has 28 heavy (non-hydrogen) atoms. The topological polar surface area (TPSA) is 89.7 Å². The average Bonchev–Trinajstić information content (AvgIpc) is 2.52. The fourth-order valence-electron chi connectivity index (χ4n) is 3.64. The Hall–Kier alpha value is -1.14. The van der Waals surface area contributed by atoms with Gasteiger partial charge in [0.25, 0.3) is 0 Å². The van der Waals surface area contributed by atoms with Crippen LogP contribution in [0.3, 0.4) is 0 Å². The van der Waals surface area contributed by atoms with Gasteiger partial charge in [0, 0.05) is 25.2 Å². The lowest BCUT2D eigenvalue weighted by Gasteiger charge is -2.37. The van der Waals surface area contributed by atoms with Crippen molar-refractivity contribution in [2.75, 3.05) is 27.2 Å². The third kappa shape index (κ3) is 8.91. The lowest BCUT2D eigenvalue weighted by Crippen LogP contribution is -2.68. The molecular weight excluding hydrogens is 377 g/mol. The maximum absolute atomic E-state index is 12.4. The van der Waals surface area contributed by atoms with E-state index in [0.29, 0.717) is 19.3 Å². The van der Waals surface area contributed by atoms with Crippen LogP contribution in [0.15, 0.2) is 0 Å². The van der Waals surface area contributed by atoms with Gasteiger partial charge in [0.15, 0.2) is 0 Å². The van der Waals surface area contributed by atoms with Gasteiger partial charge in [-0.05, 0) is 53.1 Å². The number of carbonyl (C=O) groups excluding carboxylic acids is 1. The molecule has 164 valence electrons. The Morgan fingerprint density at radius 2 is 1.93 bits per heavy atom. The van der Waals surface area contributed by atoms with E-state index in [4.69, 9.17) is 0 Å². The molecule has 1 saturated carbocycles. The lowest BCUT2D eigenvalue weighted by atomic mass is 9.93. The second kappa shape index (κ2) is 10.6. The third-order valence-corrected chi connectivity index (χ3v) is 4.90. The van der Waals surface area contributed by atoms with Crippen LogP contribution in [-0.4, -0.2) is 75.1 Å². The third-order valence-electron chi connectivity index (χ3n) is 4.90. The van der Waals surface area contributed by atoms with E-state index in [2.05, 4.69) is 36.2 Å². The van der Waals surface area contributed by atoms with E-state index in [1.165, 1.54) is 0 Å². The van der Waals surface area contributed by atoms with Gasteiger partial charge in [-0.3, -0.25) is 15.4 Å². The van der Waals surface area contributed by atoms with Crippen molar-refractivity contribution in [2.24, 2.45) is 0 Å². The van der Waals surface area contributed by atoms with Crippen LogP contribution in [0.1, 0.15) is 39.0 Å². The van der Waals surface area contributed by atoms with Gasteiger partial charge in [-0.15, -0.1) is 13.2 Å². The summed E-state index contributed by atoms with van der Waals surface area (Å²) in [6, 6.07) is -0.553. The molecular formula is C17H33F3N6O2. The quantitative estimate of drug-likeness (QED) is 0.428. The van der Waals surface area contributed by atoms with Gasteiger partial charge in [-0.25, -0.2) is 4.79 Å². The lowest BCUT2D eigenvalue weighted by molar-refractivity contribution is -0.345. The second-order valence-electron chi connectivity index (χ2n) is 7.88. The van der Waals surface area contributed by atoms with Crippen molar-refractivity contribution < 1.29 is 22.7 Å². The Labute approximate surface area is 164 Å². The number of hydrogen-bond donors (Lipinski definition) is 5. The molecule has 0 bridgehead atoms. The van der Waals surface area contributed by atoms with Crippen LogP contribution in [0.25, 0.3) is 0 Å². The Morgan fingerprint density at radius 3 is 2.61 bits per heavy atom. The first kappa shape index (κ1) is 23.1. The summed E-state index contributed by atoms with van der Waals surface area (Å²) < 4.78 is 41.3. The van der Waals surface area contributed by atoms with Crippen LogP contribution in [0.2, 0.25) is 0 Å². The minimum Gasteiger partial charge on any atom is -0.335 e. The molecule has 1 heterocycles. The molecule has 2 aliphatic rings. The summed E-state index contributed by atoms with van der Waals surface area (Å²) in [6.07, 6.45) is -3.32. The standard InChI is InChI=1S/C17H33F3N6O2/c1-11-9-14(21-7-8-26(2)3)24-15(22-11)25-16(27)23-12-5-4-6-13(10-12)28-17(18,19)20/h11-15,21-22,24H,4-10H2,1-3H3,(H2,23,25,27). The number of amides is 2. The molecule has 5 atom stereocenters. The van der Waals surface area contributed by atoms with Gasteiger partial charge < -0.3 is 20.9 Å². The summed E-state index contributed by atoms with van der Waals surface area (Å²) in [7, 11) is 4.01. The molecule has 5 unspecified atom stereocenters. The number of urea groups is 1. The number of likely N-dealkylation sites (N-methyl/N-ethyl adjacent to an activating group) is 1. The van der Waals surface area contributed by atoms with Crippen molar-refractivity contribution in [2.45, 2.75) is 76.0 Å². The summed E-state index contributed by atoms with van der Waals surface area (Å²) in [5, 5.41) is 15.5. The van der Waals surface area contributed by atoms with Gasteiger partial charge in [0.05, 0.1) is 12.3 Å². The van der Waals surface area contributed by atoms with Crippen molar-refractivity contribution in [1.82, 2.24) is 31.5 Å². The van der Waals surface area contributed by atoms with E-state index in [0.717, 1.165) is 19.5 Å². The van der Waals surface area contributed by atoms with Crippen LogP contribution < -0.4 is 26.6 Å². The Morgan fingerprint density at radius 1 is 1.18 bits per heavy atom. The van der Waals surface area contributed by atoms with Crippen LogP contribution in [0.5, 0.6) is 0 Å². The molecule has 2 fully saturated rings. The van der Waals surface area contributed by atoms with Crippen LogP contribution >= 0.6 is 0 Å². The minimum atomic E-state index is -4.64. The summed E-state index contributed by atoms with van der Waals surface area (Å²) in [5.41, 5.74) is 0. The van der Waals surface area contributed by atoms with Gasteiger partial charge in [0.2, 0.25) is 0 Å². The first-order chi connectivity index (χ1) is 13.1. The summed E-state index contributed by atoms with van der Waals surface area (Å²) in [5.74, 6) is 0. The zero-order valence-corrected chi connectivity index (χ0v) is 16.7. The molecule has 0 aromatic rings. The van der Waals surface area contributed by atoms with Crippen molar-refractivity contribution >= 4 is 6.03 Å². The monoisotopic (exact) mass is 410 g/mol. The number of alkyl halides is 3. The number of halogens is 3. The zero-order chi connectivity index (χ0) is 20.7. The Kier molecular flexibility index (Phi) is 8.75. The first-order valence-corrected chi connectivity index (χ1v) is 9.82. The minimum absolute atomic E-state index is 0.0562.